The van der Waals surface area contributed by atoms with Crippen LogP contribution in [0.1, 0.15) is 36.3 Å². The summed E-state index contributed by atoms with van der Waals surface area (Å²) in [6, 6.07) is 6.52. The van der Waals surface area contributed by atoms with Gasteiger partial charge in [0.25, 0.3) is 5.56 Å². The third kappa shape index (κ3) is 3.58. The number of hydrogen-bond donors (Lipinski definition) is 3. The van der Waals surface area contributed by atoms with E-state index in [0.717, 1.165) is 19.3 Å². The Labute approximate surface area is 154 Å². The number of nitrogens with two attached hydrogens (primary N) is 1. The van der Waals surface area contributed by atoms with Gasteiger partial charge in [-0.3, -0.25) is 9.78 Å². The third-order valence-electron chi connectivity index (χ3n) is 4.83. The Morgan fingerprint density at radius 2 is 2.19 bits per heavy atom. The van der Waals surface area contributed by atoms with Gasteiger partial charge in [-0.2, -0.15) is 0 Å². The highest BCUT2D eigenvalue weighted by molar-refractivity contribution is 5.80. The summed E-state index contributed by atoms with van der Waals surface area (Å²) in [5.41, 5.74) is 7.18. The minimum Gasteiger partial charge on any atom is -0.369 e. The summed E-state index contributed by atoms with van der Waals surface area (Å²) in [4.78, 5) is 21.7. The molecule has 142 valence electrons. The molecule has 0 bridgehead atoms. The van der Waals surface area contributed by atoms with Crippen LogP contribution in [0.4, 0.5) is 10.3 Å². The molecule has 2 aromatic heterocycles. The van der Waals surface area contributed by atoms with Gasteiger partial charge in [-0.25, -0.2) is 9.37 Å². The van der Waals surface area contributed by atoms with Crippen molar-refractivity contribution in [3.8, 4) is 0 Å². The predicted octanol–water partition coefficient (Wildman–Crippen LogP) is 2.65. The largest absolute Gasteiger partial charge is 0.369 e. The minimum absolute atomic E-state index is 0.0113. The molecule has 27 heavy (non-hydrogen) atoms. The average Bonchev–Trinajstić information content (AvgIpc) is 3.08. The number of nitrogens with one attached hydrogen (secondary N) is 2. The first-order valence-corrected chi connectivity index (χ1v) is 8.98. The molecule has 2 atom stereocenters. The molecule has 0 amide bonds. The van der Waals surface area contributed by atoms with Crippen LogP contribution in [0, 0.1) is 5.82 Å². The van der Waals surface area contributed by atoms with Crippen molar-refractivity contribution in [1.29, 1.82) is 0 Å². The Balaban J connectivity index is 1.74. The molecule has 1 aromatic carbocycles. The van der Waals surface area contributed by atoms with E-state index in [-0.39, 0.29) is 30.2 Å². The number of hydrogen-bond acceptors (Lipinski definition) is 5. The maximum atomic E-state index is 14.5. The van der Waals surface area contributed by atoms with Crippen LogP contribution in [0.25, 0.3) is 11.0 Å². The molecule has 4 rings (SSSR count). The van der Waals surface area contributed by atoms with Crippen molar-refractivity contribution < 1.29 is 13.9 Å². The van der Waals surface area contributed by atoms with Crippen LogP contribution < -0.4 is 11.3 Å². The van der Waals surface area contributed by atoms with Crippen LogP contribution in [-0.2, 0) is 9.47 Å². The van der Waals surface area contributed by atoms with E-state index in [1.54, 1.807) is 24.4 Å². The number of anilines is 1. The summed E-state index contributed by atoms with van der Waals surface area (Å²) in [5, 5.41) is 0. The molecule has 7 nitrogen and oxygen atoms in total. The normalized spacial score (nSPS) is 18.6. The smallest absolute Gasteiger partial charge is 0.276 e. The lowest BCUT2D eigenvalue weighted by molar-refractivity contribution is -0.163. The molecule has 8 heteroatoms. The van der Waals surface area contributed by atoms with Crippen LogP contribution in [0.5, 0.6) is 0 Å². The average molecular weight is 372 g/mol. The number of halogens is 1. The van der Waals surface area contributed by atoms with Gasteiger partial charge < -0.3 is 20.2 Å². The summed E-state index contributed by atoms with van der Waals surface area (Å²) >= 11 is 0. The monoisotopic (exact) mass is 372 g/mol. The second-order valence-electron chi connectivity index (χ2n) is 6.62. The van der Waals surface area contributed by atoms with Gasteiger partial charge in [-0.05, 0) is 30.9 Å². The number of aromatic amines is 2. The lowest BCUT2D eigenvalue weighted by Crippen LogP contribution is -2.25. The summed E-state index contributed by atoms with van der Waals surface area (Å²) in [6.45, 7) is 0.864. The fourth-order valence-electron chi connectivity index (χ4n) is 3.47. The van der Waals surface area contributed by atoms with E-state index in [2.05, 4.69) is 15.0 Å². The highest BCUT2D eigenvalue weighted by Gasteiger charge is 2.25. The quantitative estimate of drug-likeness (QED) is 0.638. The molecule has 0 saturated carbocycles. The van der Waals surface area contributed by atoms with E-state index < -0.39 is 5.92 Å². The Kier molecular flexibility index (Phi) is 4.91. The van der Waals surface area contributed by atoms with E-state index in [9.17, 15) is 9.18 Å². The summed E-state index contributed by atoms with van der Waals surface area (Å²) in [5.74, 6) is -0.792. The van der Waals surface area contributed by atoms with Crippen LogP contribution in [0.3, 0.4) is 0 Å². The van der Waals surface area contributed by atoms with Crippen LogP contribution in [0.15, 0.2) is 35.3 Å². The van der Waals surface area contributed by atoms with E-state index >= 15 is 0 Å². The van der Waals surface area contributed by atoms with E-state index in [0.29, 0.717) is 28.8 Å². The minimum atomic E-state index is -0.459. The molecule has 3 heterocycles. The Morgan fingerprint density at radius 3 is 2.96 bits per heavy atom. The molecule has 0 aliphatic carbocycles. The lowest BCUT2D eigenvalue weighted by Gasteiger charge is -2.25. The maximum Gasteiger partial charge on any atom is 0.276 e. The van der Waals surface area contributed by atoms with Crippen molar-refractivity contribution in [2.45, 2.75) is 31.5 Å². The van der Waals surface area contributed by atoms with E-state index in [1.165, 1.54) is 6.07 Å². The highest BCUT2D eigenvalue weighted by atomic mass is 19.1. The fraction of sp³-hybridized carbons (Fsp3) is 0.368. The zero-order valence-corrected chi connectivity index (χ0v) is 14.7. The molecular weight excluding hydrogens is 351 g/mol. The number of benzene rings is 1. The third-order valence-corrected chi connectivity index (χ3v) is 4.83. The Morgan fingerprint density at radius 1 is 1.33 bits per heavy atom. The van der Waals surface area contributed by atoms with Crippen LogP contribution in [0.2, 0.25) is 0 Å². The van der Waals surface area contributed by atoms with Gasteiger partial charge in [-0.15, -0.1) is 0 Å². The van der Waals surface area contributed by atoms with Gasteiger partial charge in [0.15, 0.2) is 6.29 Å². The molecule has 1 aliphatic heterocycles. The van der Waals surface area contributed by atoms with Crippen molar-refractivity contribution in [1.82, 2.24) is 15.0 Å². The predicted molar refractivity (Wildman–Crippen MR) is 98.9 cm³/mol. The first-order chi connectivity index (χ1) is 13.1. The second kappa shape index (κ2) is 7.50. The first-order valence-electron chi connectivity index (χ1n) is 8.98. The molecular formula is C19H21FN4O3. The van der Waals surface area contributed by atoms with Gasteiger partial charge >= 0.3 is 0 Å². The van der Waals surface area contributed by atoms with Crippen molar-refractivity contribution in [2.75, 3.05) is 18.9 Å². The second-order valence-corrected chi connectivity index (χ2v) is 6.62. The molecule has 1 aliphatic rings. The molecule has 0 radical (unpaired) electrons. The fourth-order valence-corrected chi connectivity index (χ4v) is 3.47. The van der Waals surface area contributed by atoms with Gasteiger partial charge in [0.2, 0.25) is 5.95 Å². The standard InChI is InChI=1S/C19H21FN4O3/c20-14-6-2-1-5-11(14)13(10-27-15-7-3-4-8-26-15)12-9-22-17-16(12)23-19(21)24-18(17)25/h1-2,5-6,9,13,15,22H,3-4,7-8,10H2,(H3,21,23,24,25)/t13?,15-/m1/s1. The van der Waals surface area contributed by atoms with Crippen molar-refractivity contribution >= 4 is 17.0 Å². The zero-order chi connectivity index (χ0) is 18.8. The van der Waals surface area contributed by atoms with Crippen molar-refractivity contribution in [3.05, 3.63) is 57.8 Å². The number of nitrogen functional groups attached to an aromatic ring is 1. The van der Waals surface area contributed by atoms with Crippen LogP contribution in [-0.4, -0.2) is 34.5 Å². The SMILES string of the molecule is Nc1nc2c(C(CO[C@@H]3CCCCO3)c3ccccc3F)c[nH]c2c(=O)[nH]1. The topological polar surface area (TPSA) is 106 Å². The van der Waals surface area contributed by atoms with Crippen molar-refractivity contribution in [2.24, 2.45) is 0 Å². The highest BCUT2D eigenvalue weighted by Crippen LogP contribution is 2.32. The van der Waals surface area contributed by atoms with E-state index in [1.807, 2.05) is 0 Å². The van der Waals surface area contributed by atoms with Crippen LogP contribution >= 0.6 is 0 Å². The number of rotatable bonds is 5. The number of fused-ring (bicyclic) bond motifs is 1. The molecule has 1 saturated heterocycles. The number of H-pyrrole nitrogens is 2. The zero-order valence-electron chi connectivity index (χ0n) is 14.7. The molecule has 4 N–H and O–H groups in total. The Bertz CT molecular complexity index is 994. The molecule has 0 spiro atoms. The number of aromatic nitrogens is 3. The molecule has 1 fully saturated rings. The van der Waals surface area contributed by atoms with Gasteiger partial charge in [0.05, 0.1) is 6.61 Å². The lowest BCUT2D eigenvalue weighted by atomic mass is 9.92. The summed E-state index contributed by atoms with van der Waals surface area (Å²) < 4.78 is 26.1. The summed E-state index contributed by atoms with van der Waals surface area (Å²) in [6.07, 6.45) is 4.22. The van der Waals surface area contributed by atoms with Crippen molar-refractivity contribution in [3.63, 3.8) is 0 Å². The Hall–Kier alpha value is -2.71. The van der Waals surface area contributed by atoms with Gasteiger partial charge in [0.1, 0.15) is 16.9 Å². The summed E-state index contributed by atoms with van der Waals surface area (Å²) in [7, 11) is 0. The first kappa shape index (κ1) is 17.7. The molecule has 1 unspecified atom stereocenters. The van der Waals surface area contributed by atoms with E-state index in [4.69, 9.17) is 15.2 Å². The van der Waals surface area contributed by atoms with Gasteiger partial charge in [-0.1, -0.05) is 18.2 Å². The number of ether oxygens (including phenoxy) is 2. The van der Waals surface area contributed by atoms with Gasteiger partial charge in [0, 0.05) is 24.3 Å². The number of nitrogens with zero attached hydrogens (tertiary/aromatic N) is 1. The molecule has 3 aromatic rings. The maximum absolute atomic E-state index is 14.5.